The second kappa shape index (κ2) is 7.48. The largest absolute Gasteiger partial charge is 0.396 e. The highest BCUT2D eigenvalue weighted by molar-refractivity contribution is 4.98. The molecule has 0 radical (unpaired) electrons. The minimum atomic E-state index is -0.0564. The Morgan fingerprint density at radius 2 is 1.78 bits per heavy atom. The van der Waals surface area contributed by atoms with E-state index in [1.165, 1.54) is 0 Å². The van der Waals surface area contributed by atoms with Crippen molar-refractivity contribution < 1.29 is 10.2 Å². The molecule has 9 heavy (non-hydrogen) atoms. The van der Waals surface area contributed by atoms with Gasteiger partial charge in [0.1, 0.15) is 6.61 Å². The van der Waals surface area contributed by atoms with Gasteiger partial charge in [-0.1, -0.05) is 5.92 Å². The number of rotatable bonds is 3. The summed E-state index contributed by atoms with van der Waals surface area (Å²) >= 11 is 0. The van der Waals surface area contributed by atoms with Gasteiger partial charge in [-0.15, -0.1) is 5.92 Å². The number of hydrogen-bond acceptors (Lipinski definition) is 2. The van der Waals surface area contributed by atoms with Gasteiger partial charge in [0.05, 0.1) is 0 Å². The van der Waals surface area contributed by atoms with E-state index in [9.17, 15) is 0 Å². The van der Waals surface area contributed by atoms with E-state index < -0.39 is 0 Å². The lowest BCUT2D eigenvalue weighted by Gasteiger charge is -1.86. The fourth-order valence-electron chi connectivity index (χ4n) is 0.469. The van der Waals surface area contributed by atoms with Crippen LogP contribution in [0.25, 0.3) is 0 Å². The summed E-state index contributed by atoms with van der Waals surface area (Å²) < 4.78 is 0. The lowest BCUT2D eigenvalue weighted by Crippen LogP contribution is -1.80. The van der Waals surface area contributed by atoms with Gasteiger partial charge >= 0.3 is 0 Å². The van der Waals surface area contributed by atoms with E-state index >= 15 is 0 Å². The average molecular weight is 128 g/mol. The lowest BCUT2D eigenvalue weighted by atomic mass is 10.2. The van der Waals surface area contributed by atoms with E-state index in [1.807, 2.05) is 0 Å². The van der Waals surface area contributed by atoms with Gasteiger partial charge in [0.25, 0.3) is 0 Å². The fraction of sp³-hybridized carbons (Fsp3) is 0.714. The minimum Gasteiger partial charge on any atom is -0.396 e. The summed E-state index contributed by atoms with van der Waals surface area (Å²) in [5, 5.41) is 16.5. The van der Waals surface area contributed by atoms with Gasteiger partial charge in [-0.2, -0.15) is 0 Å². The van der Waals surface area contributed by atoms with Crippen LogP contribution in [-0.2, 0) is 0 Å². The molecule has 0 bridgehead atoms. The molecule has 0 aromatic carbocycles. The van der Waals surface area contributed by atoms with Crippen LogP contribution in [0.5, 0.6) is 0 Å². The molecule has 0 fully saturated rings. The molecule has 0 amide bonds. The first-order chi connectivity index (χ1) is 4.41. The first-order valence-corrected chi connectivity index (χ1v) is 3.09. The molecule has 2 N–H and O–H groups in total. The van der Waals surface area contributed by atoms with Crippen LogP contribution in [0.2, 0.25) is 0 Å². The first-order valence-electron chi connectivity index (χ1n) is 3.09. The highest BCUT2D eigenvalue weighted by Gasteiger charge is 1.79. The predicted octanol–water partition coefficient (Wildman–Crippen LogP) is 0.145. The molecule has 0 heterocycles. The normalized spacial score (nSPS) is 8.22. The Hall–Kier alpha value is -0.520. The number of unbranched alkanes of at least 4 members (excludes halogenated alkanes) is 2. The van der Waals surface area contributed by atoms with Crippen LogP contribution in [0, 0.1) is 11.8 Å². The van der Waals surface area contributed by atoms with E-state index in [2.05, 4.69) is 11.8 Å². The third-order valence-electron chi connectivity index (χ3n) is 0.914. The van der Waals surface area contributed by atoms with Gasteiger partial charge in [0.15, 0.2) is 0 Å². The van der Waals surface area contributed by atoms with Gasteiger partial charge in [0.2, 0.25) is 0 Å². The van der Waals surface area contributed by atoms with Crippen LogP contribution < -0.4 is 0 Å². The monoisotopic (exact) mass is 128 g/mol. The maximum Gasteiger partial charge on any atom is 0.104 e. The third-order valence-corrected chi connectivity index (χ3v) is 0.914. The van der Waals surface area contributed by atoms with Crippen molar-refractivity contribution in [3.05, 3.63) is 0 Å². The van der Waals surface area contributed by atoms with Crippen molar-refractivity contribution in [2.24, 2.45) is 0 Å². The fourth-order valence-corrected chi connectivity index (χ4v) is 0.469. The van der Waals surface area contributed by atoms with E-state index in [0.717, 1.165) is 19.3 Å². The van der Waals surface area contributed by atoms with Crippen molar-refractivity contribution in [3.63, 3.8) is 0 Å². The zero-order valence-electron chi connectivity index (χ0n) is 5.43. The number of aliphatic hydroxyl groups is 2. The maximum atomic E-state index is 8.33. The Kier molecular flexibility index (Phi) is 7.05. The molecule has 0 atom stereocenters. The molecule has 0 aromatic rings. The van der Waals surface area contributed by atoms with Gasteiger partial charge in [0, 0.05) is 13.0 Å². The summed E-state index contributed by atoms with van der Waals surface area (Å²) in [6.45, 7) is 0.180. The molecule has 0 aromatic heterocycles. The molecule has 2 nitrogen and oxygen atoms in total. The zero-order valence-corrected chi connectivity index (χ0v) is 5.43. The topological polar surface area (TPSA) is 40.5 Å². The molecular formula is C7H12O2. The summed E-state index contributed by atoms with van der Waals surface area (Å²) in [7, 11) is 0. The zero-order chi connectivity index (χ0) is 6.95. The average Bonchev–Trinajstić information content (AvgIpc) is 1.89. The van der Waals surface area contributed by atoms with Gasteiger partial charge in [-0.25, -0.2) is 0 Å². The third kappa shape index (κ3) is 7.48. The molecule has 0 unspecified atom stereocenters. The molecule has 0 rings (SSSR count). The lowest BCUT2D eigenvalue weighted by molar-refractivity contribution is 0.285. The van der Waals surface area contributed by atoms with Gasteiger partial charge < -0.3 is 10.2 Å². The molecular weight excluding hydrogens is 116 g/mol. The SMILES string of the molecule is OCC#CCCCCO. The van der Waals surface area contributed by atoms with Crippen LogP contribution in [0.3, 0.4) is 0 Å². The van der Waals surface area contributed by atoms with Gasteiger partial charge in [-0.05, 0) is 12.8 Å². The van der Waals surface area contributed by atoms with E-state index in [4.69, 9.17) is 10.2 Å². The molecule has 52 valence electrons. The highest BCUT2D eigenvalue weighted by atomic mass is 16.3. The molecule has 0 aliphatic carbocycles. The quantitative estimate of drug-likeness (QED) is 0.419. The summed E-state index contributed by atoms with van der Waals surface area (Å²) in [5.74, 6) is 5.29. The standard InChI is InChI=1S/C7H12O2/c8-6-4-2-1-3-5-7-9/h8-9H,1-2,4,6-7H2. The predicted molar refractivity (Wildman–Crippen MR) is 35.8 cm³/mol. The maximum absolute atomic E-state index is 8.33. The van der Waals surface area contributed by atoms with Crippen LogP contribution in [0.4, 0.5) is 0 Å². The Morgan fingerprint density at radius 1 is 1.00 bits per heavy atom. The van der Waals surface area contributed by atoms with E-state index in [1.54, 1.807) is 0 Å². The highest BCUT2D eigenvalue weighted by Crippen LogP contribution is 1.90. The van der Waals surface area contributed by atoms with Crippen LogP contribution in [0.1, 0.15) is 19.3 Å². The van der Waals surface area contributed by atoms with Crippen molar-refractivity contribution in [1.82, 2.24) is 0 Å². The second-order valence-corrected chi connectivity index (χ2v) is 1.69. The van der Waals surface area contributed by atoms with E-state index in [-0.39, 0.29) is 13.2 Å². The first kappa shape index (κ1) is 8.48. The molecule has 0 saturated heterocycles. The van der Waals surface area contributed by atoms with Crippen molar-refractivity contribution in [2.75, 3.05) is 13.2 Å². The molecule has 2 heteroatoms. The molecule has 0 spiro atoms. The van der Waals surface area contributed by atoms with Crippen molar-refractivity contribution >= 4 is 0 Å². The summed E-state index contributed by atoms with van der Waals surface area (Å²) in [6, 6.07) is 0. The van der Waals surface area contributed by atoms with Crippen molar-refractivity contribution in [2.45, 2.75) is 19.3 Å². The minimum absolute atomic E-state index is 0.0564. The smallest absolute Gasteiger partial charge is 0.104 e. The Bertz CT molecular complexity index is 99.2. The van der Waals surface area contributed by atoms with Crippen molar-refractivity contribution in [1.29, 1.82) is 0 Å². The van der Waals surface area contributed by atoms with Gasteiger partial charge in [-0.3, -0.25) is 0 Å². The van der Waals surface area contributed by atoms with Crippen molar-refractivity contribution in [3.8, 4) is 11.8 Å². The molecule has 0 aliphatic rings. The summed E-state index contributed by atoms with van der Waals surface area (Å²) in [4.78, 5) is 0. The van der Waals surface area contributed by atoms with E-state index in [0.29, 0.717) is 0 Å². The Labute approximate surface area is 55.5 Å². The second-order valence-electron chi connectivity index (χ2n) is 1.69. The molecule has 0 saturated carbocycles. The Morgan fingerprint density at radius 3 is 2.33 bits per heavy atom. The summed E-state index contributed by atoms with van der Waals surface area (Å²) in [5.41, 5.74) is 0. The summed E-state index contributed by atoms with van der Waals surface area (Å²) in [6.07, 6.45) is 2.50. The molecule has 0 aliphatic heterocycles. The number of hydrogen-bond donors (Lipinski definition) is 2. The van der Waals surface area contributed by atoms with Crippen LogP contribution in [0.15, 0.2) is 0 Å². The van der Waals surface area contributed by atoms with Crippen LogP contribution >= 0.6 is 0 Å². The number of aliphatic hydroxyl groups excluding tert-OH is 2. The van der Waals surface area contributed by atoms with Crippen LogP contribution in [-0.4, -0.2) is 23.4 Å². The Balaban J connectivity index is 2.90.